The van der Waals surface area contributed by atoms with Gasteiger partial charge in [-0.3, -0.25) is 9.59 Å². The fourth-order valence-corrected chi connectivity index (χ4v) is 5.63. The molecule has 4 unspecified atom stereocenters. The number of carbonyl (C=O) groups excluding carboxylic acids is 2. The fraction of sp³-hybridized carbons (Fsp3) is 0.429. The minimum absolute atomic E-state index is 0.133. The molecule has 1 saturated carbocycles. The SMILES string of the molecule is CCC1CC2CC3(C(=O)OC)c4[nH]c5ccccc5c4C=CN(C2=O)C13. The molecule has 1 aromatic heterocycles. The summed E-state index contributed by atoms with van der Waals surface area (Å²) >= 11 is 0. The Hall–Kier alpha value is -2.56. The molecule has 6 rings (SSSR count). The molecule has 2 saturated heterocycles. The van der Waals surface area contributed by atoms with Gasteiger partial charge in [0.25, 0.3) is 0 Å². The van der Waals surface area contributed by atoms with Crippen molar-refractivity contribution in [1.29, 1.82) is 0 Å². The lowest BCUT2D eigenvalue weighted by Gasteiger charge is -2.56. The molecule has 4 bridgehead atoms. The molecule has 5 heteroatoms. The van der Waals surface area contributed by atoms with Crippen LogP contribution in [0.15, 0.2) is 30.5 Å². The van der Waals surface area contributed by atoms with E-state index in [1.54, 1.807) is 0 Å². The highest BCUT2D eigenvalue weighted by Crippen LogP contribution is 2.55. The molecule has 134 valence electrons. The number of aromatic nitrogens is 1. The zero-order chi connectivity index (χ0) is 18.1. The first-order valence-electron chi connectivity index (χ1n) is 9.31. The molecule has 3 aliphatic heterocycles. The van der Waals surface area contributed by atoms with Crippen molar-refractivity contribution in [2.24, 2.45) is 11.8 Å². The largest absolute Gasteiger partial charge is 0.468 e. The smallest absolute Gasteiger partial charge is 0.320 e. The van der Waals surface area contributed by atoms with Crippen LogP contribution in [0.2, 0.25) is 0 Å². The molecule has 26 heavy (non-hydrogen) atoms. The summed E-state index contributed by atoms with van der Waals surface area (Å²) in [5.74, 6) is 0.0585. The molecular weight excluding hydrogens is 328 g/mol. The van der Waals surface area contributed by atoms with E-state index in [4.69, 9.17) is 4.74 Å². The molecule has 4 aliphatic rings. The number of hydrogen-bond donors (Lipinski definition) is 1. The zero-order valence-corrected chi connectivity index (χ0v) is 15.0. The van der Waals surface area contributed by atoms with Gasteiger partial charge < -0.3 is 14.6 Å². The monoisotopic (exact) mass is 350 g/mol. The molecule has 5 nitrogen and oxygen atoms in total. The van der Waals surface area contributed by atoms with E-state index in [1.807, 2.05) is 35.4 Å². The molecule has 0 spiro atoms. The molecule has 4 heterocycles. The lowest BCUT2D eigenvalue weighted by atomic mass is 9.56. The number of hydrogen-bond acceptors (Lipinski definition) is 3. The maximum Gasteiger partial charge on any atom is 0.320 e. The summed E-state index contributed by atoms with van der Waals surface area (Å²) in [6.45, 7) is 2.14. The lowest BCUT2D eigenvalue weighted by molar-refractivity contribution is -0.169. The number of carbonyl (C=O) groups is 2. The minimum Gasteiger partial charge on any atom is -0.468 e. The van der Waals surface area contributed by atoms with Gasteiger partial charge in [-0.05, 0) is 30.9 Å². The van der Waals surface area contributed by atoms with Crippen LogP contribution in [0, 0.1) is 11.8 Å². The number of fused-ring (bicyclic) bond motifs is 4. The van der Waals surface area contributed by atoms with Gasteiger partial charge in [-0.25, -0.2) is 0 Å². The second-order valence-electron chi connectivity index (χ2n) is 7.73. The van der Waals surface area contributed by atoms with Crippen LogP contribution < -0.4 is 0 Å². The topological polar surface area (TPSA) is 62.4 Å². The number of nitrogens with one attached hydrogen (secondary N) is 1. The van der Waals surface area contributed by atoms with Crippen LogP contribution in [0.25, 0.3) is 17.0 Å². The van der Waals surface area contributed by atoms with E-state index in [9.17, 15) is 9.59 Å². The summed E-state index contributed by atoms with van der Waals surface area (Å²) < 4.78 is 5.33. The van der Waals surface area contributed by atoms with Gasteiger partial charge in [0.15, 0.2) is 0 Å². The predicted molar refractivity (Wildman–Crippen MR) is 98.2 cm³/mol. The van der Waals surface area contributed by atoms with E-state index in [0.717, 1.165) is 35.0 Å². The van der Waals surface area contributed by atoms with Crippen molar-refractivity contribution in [2.45, 2.75) is 37.6 Å². The third-order valence-electron chi connectivity index (χ3n) is 6.68. The molecule has 4 atom stereocenters. The van der Waals surface area contributed by atoms with E-state index in [-0.39, 0.29) is 29.8 Å². The quantitative estimate of drug-likeness (QED) is 0.846. The summed E-state index contributed by atoms with van der Waals surface area (Å²) in [5.41, 5.74) is 2.10. The van der Waals surface area contributed by atoms with Gasteiger partial charge in [0.2, 0.25) is 5.91 Å². The van der Waals surface area contributed by atoms with Crippen molar-refractivity contribution in [1.82, 2.24) is 9.88 Å². The van der Waals surface area contributed by atoms with Crippen LogP contribution in [0.5, 0.6) is 0 Å². The Morgan fingerprint density at radius 2 is 2.19 bits per heavy atom. The van der Waals surface area contributed by atoms with Crippen molar-refractivity contribution < 1.29 is 14.3 Å². The molecule has 1 aromatic carbocycles. The molecule has 2 aromatic rings. The first kappa shape index (κ1) is 15.7. The van der Waals surface area contributed by atoms with Crippen LogP contribution in [-0.2, 0) is 19.7 Å². The van der Waals surface area contributed by atoms with E-state index < -0.39 is 5.41 Å². The fourth-order valence-electron chi connectivity index (χ4n) is 5.63. The summed E-state index contributed by atoms with van der Waals surface area (Å²) in [7, 11) is 1.45. The Morgan fingerprint density at radius 3 is 2.96 bits per heavy atom. The van der Waals surface area contributed by atoms with Gasteiger partial charge in [0.1, 0.15) is 5.41 Å². The Morgan fingerprint density at radius 1 is 1.38 bits per heavy atom. The van der Waals surface area contributed by atoms with Crippen LogP contribution in [-0.4, -0.2) is 34.9 Å². The van der Waals surface area contributed by atoms with Crippen LogP contribution in [0.3, 0.4) is 0 Å². The third kappa shape index (κ3) is 1.71. The highest BCUT2D eigenvalue weighted by molar-refractivity contribution is 5.99. The minimum atomic E-state index is -0.829. The van der Waals surface area contributed by atoms with Crippen molar-refractivity contribution in [3.8, 4) is 0 Å². The summed E-state index contributed by atoms with van der Waals surface area (Å²) in [5, 5.41) is 1.08. The highest BCUT2D eigenvalue weighted by atomic mass is 16.5. The van der Waals surface area contributed by atoms with Gasteiger partial charge in [-0.1, -0.05) is 31.5 Å². The van der Waals surface area contributed by atoms with Crippen molar-refractivity contribution in [3.05, 3.63) is 41.7 Å². The van der Waals surface area contributed by atoms with Crippen LogP contribution in [0.4, 0.5) is 0 Å². The second-order valence-corrected chi connectivity index (χ2v) is 7.73. The molecular formula is C21H22N2O3. The number of esters is 1. The van der Waals surface area contributed by atoms with E-state index in [0.29, 0.717) is 6.42 Å². The normalized spacial score (nSPS) is 31.8. The Kier molecular flexibility index (Phi) is 3.15. The molecule has 0 radical (unpaired) electrons. The zero-order valence-electron chi connectivity index (χ0n) is 15.0. The molecule has 3 fully saturated rings. The first-order valence-corrected chi connectivity index (χ1v) is 9.31. The number of nitrogens with zero attached hydrogens (tertiary/aromatic N) is 1. The maximum atomic E-state index is 13.2. The lowest BCUT2D eigenvalue weighted by Crippen LogP contribution is -2.68. The molecule has 1 amide bonds. The number of H-pyrrole nitrogens is 1. The number of benzene rings is 1. The average molecular weight is 350 g/mol. The van der Waals surface area contributed by atoms with E-state index in [1.165, 1.54) is 7.11 Å². The predicted octanol–water partition coefficient (Wildman–Crippen LogP) is 3.21. The number of piperidine rings is 2. The molecule has 1 N–H and O–H groups in total. The highest BCUT2D eigenvalue weighted by Gasteiger charge is 2.64. The van der Waals surface area contributed by atoms with E-state index >= 15 is 0 Å². The number of ether oxygens (including phenoxy) is 1. The van der Waals surface area contributed by atoms with Crippen molar-refractivity contribution in [2.75, 3.05) is 7.11 Å². The van der Waals surface area contributed by atoms with Gasteiger partial charge in [-0.15, -0.1) is 0 Å². The Labute approximate surface area is 152 Å². The summed E-state index contributed by atoms with van der Waals surface area (Å²) in [6, 6.07) is 7.89. The van der Waals surface area contributed by atoms with Crippen LogP contribution in [0.1, 0.15) is 37.4 Å². The maximum absolute atomic E-state index is 13.2. The van der Waals surface area contributed by atoms with Gasteiger partial charge in [0, 0.05) is 34.3 Å². The standard InChI is InChI=1S/C21H22N2O3/c1-3-12-10-13-11-21(20(25)26-2)17-15(8-9-23(18(12)21)19(13)24)14-6-4-5-7-16(14)22-17/h4-9,12-13,18,22H,3,10-11H2,1-2H3. The summed E-state index contributed by atoms with van der Waals surface area (Å²) in [6.07, 6.45) is 6.21. The Balaban J connectivity index is 1.86. The number of methoxy groups -OCH3 is 1. The average Bonchev–Trinajstić information content (AvgIpc) is 3.00. The number of para-hydroxylation sites is 1. The van der Waals surface area contributed by atoms with Crippen LogP contribution >= 0.6 is 0 Å². The van der Waals surface area contributed by atoms with Gasteiger partial charge in [-0.2, -0.15) is 0 Å². The first-order chi connectivity index (χ1) is 12.6. The van der Waals surface area contributed by atoms with Gasteiger partial charge in [0.05, 0.1) is 13.2 Å². The third-order valence-corrected chi connectivity index (χ3v) is 6.68. The second kappa shape index (κ2) is 5.22. The number of rotatable bonds is 2. The number of aromatic amines is 1. The summed E-state index contributed by atoms with van der Waals surface area (Å²) in [4.78, 5) is 31.5. The van der Waals surface area contributed by atoms with Gasteiger partial charge >= 0.3 is 5.97 Å². The Bertz CT molecular complexity index is 959. The van der Waals surface area contributed by atoms with Crippen molar-refractivity contribution >= 4 is 28.9 Å². The molecule has 1 aliphatic carbocycles. The number of amides is 1. The van der Waals surface area contributed by atoms with Crippen molar-refractivity contribution in [3.63, 3.8) is 0 Å². The van der Waals surface area contributed by atoms with E-state index in [2.05, 4.69) is 18.0 Å².